The maximum Gasteiger partial charge on any atom is 0.113 e. The zero-order valence-corrected chi connectivity index (χ0v) is 8.55. The minimum atomic E-state index is 0.227. The van der Waals surface area contributed by atoms with Gasteiger partial charge in [0.25, 0.3) is 0 Å². The van der Waals surface area contributed by atoms with E-state index in [2.05, 4.69) is 15.1 Å². The van der Waals surface area contributed by atoms with Gasteiger partial charge in [-0.25, -0.2) is 10.6 Å². The van der Waals surface area contributed by atoms with Crippen LogP contribution in [0, 0.1) is 0 Å². The number of para-hydroxylation sites is 1. The van der Waals surface area contributed by atoms with Crippen LogP contribution in [-0.2, 0) is 11.4 Å². The molecule has 6 heteroatoms. The van der Waals surface area contributed by atoms with E-state index in [9.17, 15) is 0 Å². The lowest BCUT2D eigenvalue weighted by Crippen LogP contribution is -1.98. The van der Waals surface area contributed by atoms with Crippen molar-refractivity contribution in [2.24, 2.45) is 5.90 Å². The molecule has 1 aromatic carbocycles. The van der Waals surface area contributed by atoms with E-state index in [0.29, 0.717) is 10.7 Å². The molecule has 0 atom stereocenters. The average molecular weight is 225 g/mol. The van der Waals surface area contributed by atoms with E-state index in [4.69, 9.17) is 17.5 Å². The summed E-state index contributed by atoms with van der Waals surface area (Å²) in [6, 6.07) is 7.37. The first-order valence-corrected chi connectivity index (χ1v) is 4.67. The van der Waals surface area contributed by atoms with Crippen molar-refractivity contribution in [1.82, 2.24) is 15.0 Å². The molecule has 0 aliphatic carbocycles. The number of nitrogens with two attached hydrogens (primary N) is 1. The summed E-state index contributed by atoms with van der Waals surface area (Å²) in [7, 11) is 0. The highest BCUT2D eigenvalue weighted by atomic mass is 35.5. The summed E-state index contributed by atoms with van der Waals surface area (Å²) in [6.45, 7) is 0.227. The Hall–Kier alpha value is -1.43. The Labute approximate surface area is 91.4 Å². The SMILES string of the molecule is NOCc1cn(-c2ccccc2Cl)nn1. The maximum absolute atomic E-state index is 6.00. The fraction of sp³-hybridized carbons (Fsp3) is 0.111. The predicted molar refractivity (Wildman–Crippen MR) is 55.3 cm³/mol. The van der Waals surface area contributed by atoms with E-state index in [-0.39, 0.29) is 6.61 Å². The first-order valence-electron chi connectivity index (χ1n) is 4.29. The van der Waals surface area contributed by atoms with Gasteiger partial charge in [-0.1, -0.05) is 28.9 Å². The Morgan fingerprint density at radius 2 is 2.20 bits per heavy atom. The van der Waals surface area contributed by atoms with Crippen molar-refractivity contribution in [2.75, 3.05) is 0 Å². The summed E-state index contributed by atoms with van der Waals surface area (Å²) in [4.78, 5) is 4.46. The van der Waals surface area contributed by atoms with Crippen LogP contribution >= 0.6 is 11.6 Å². The summed E-state index contributed by atoms with van der Waals surface area (Å²) < 4.78 is 1.58. The molecular weight excluding hydrogens is 216 g/mol. The number of rotatable bonds is 3. The van der Waals surface area contributed by atoms with Crippen LogP contribution in [0.4, 0.5) is 0 Å². The summed E-state index contributed by atoms with van der Waals surface area (Å²) in [5.41, 5.74) is 1.42. The molecule has 2 rings (SSSR count). The Bertz CT molecular complexity index is 457. The van der Waals surface area contributed by atoms with Crippen LogP contribution in [0.5, 0.6) is 0 Å². The number of benzene rings is 1. The van der Waals surface area contributed by atoms with Gasteiger partial charge in [0.05, 0.1) is 16.9 Å². The van der Waals surface area contributed by atoms with Gasteiger partial charge >= 0.3 is 0 Å². The molecule has 15 heavy (non-hydrogen) atoms. The highest BCUT2D eigenvalue weighted by molar-refractivity contribution is 6.32. The zero-order valence-electron chi connectivity index (χ0n) is 7.80. The average Bonchev–Trinajstić information content (AvgIpc) is 2.68. The maximum atomic E-state index is 6.00. The second-order valence-electron chi connectivity index (χ2n) is 2.92. The first-order chi connectivity index (χ1) is 7.31. The molecule has 5 nitrogen and oxygen atoms in total. The highest BCUT2D eigenvalue weighted by Gasteiger charge is 2.05. The van der Waals surface area contributed by atoms with Gasteiger partial charge in [-0.05, 0) is 12.1 Å². The van der Waals surface area contributed by atoms with Crippen molar-refractivity contribution in [1.29, 1.82) is 0 Å². The van der Waals surface area contributed by atoms with Crippen molar-refractivity contribution in [3.05, 3.63) is 41.2 Å². The van der Waals surface area contributed by atoms with Crippen LogP contribution in [0.3, 0.4) is 0 Å². The Balaban J connectivity index is 2.33. The molecule has 0 saturated heterocycles. The molecule has 1 aromatic heterocycles. The van der Waals surface area contributed by atoms with Crippen molar-refractivity contribution >= 4 is 11.6 Å². The summed E-state index contributed by atoms with van der Waals surface area (Å²) in [6.07, 6.45) is 1.72. The number of aromatic nitrogens is 3. The minimum absolute atomic E-state index is 0.227. The smallest absolute Gasteiger partial charge is 0.113 e. The first kappa shape index (κ1) is 10.1. The van der Waals surface area contributed by atoms with Crippen molar-refractivity contribution in [3.63, 3.8) is 0 Å². The van der Waals surface area contributed by atoms with Gasteiger partial charge in [-0.2, -0.15) is 0 Å². The zero-order chi connectivity index (χ0) is 10.7. The molecule has 2 N–H and O–H groups in total. The van der Waals surface area contributed by atoms with E-state index in [1.807, 2.05) is 18.2 Å². The molecule has 78 valence electrons. The normalized spacial score (nSPS) is 10.5. The van der Waals surface area contributed by atoms with Crippen molar-refractivity contribution < 1.29 is 4.84 Å². The molecular formula is C9H9ClN4O. The van der Waals surface area contributed by atoms with Crippen LogP contribution < -0.4 is 5.90 Å². The van der Waals surface area contributed by atoms with Gasteiger partial charge in [0, 0.05) is 0 Å². The third kappa shape index (κ3) is 2.15. The van der Waals surface area contributed by atoms with Crippen LogP contribution in [0.2, 0.25) is 5.02 Å². The minimum Gasteiger partial charge on any atom is -0.298 e. The fourth-order valence-electron chi connectivity index (χ4n) is 1.21. The highest BCUT2D eigenvalue weighted by Crippen LogP contribution is 2.18. The number of halogens is 1. The molecule has 0 spiro atoms. The van der Waals surface area contributed by atoms with E-state index >= 15 is 0 Å². The largest absolute Gasteiger partial charge is 0.298 e. The van der Waals surface area contributed by atoms with Gasteiger partial charge in [-0.15, -0.1) is 5.10 Å². The van der Waals surface area contributed by atoms with E-state index in [1.165, 1.54) is 0 Å². The molecule has 0 radical (unpaired) electrons. The van der Waals surface area contributed by atoms with Gasteiger partial charge in [-0.3, -0.25) is 4.84 Å². The summed E-state index contributed by atoms with van der Waals surface area (Å²) >= 11 is 6.00. The second kappa shape index (κ2) is 4.39. The van der Waals surface area contributed by atoms with E-state index < -0.39 is 0 Å². The molecule has 0 bridgehead atoms. The summed E-state index contributed by atoms with van der Waals surface area (Å²) in [5, 5.41) is 8.40. The number of nitrogens with zero attached hydrogens (tertiary/aromatic N) is 3. The third-order valence-corrected chi connectivity index (χ3v) is 2.19. The van der Waals surface area contributed by atoms with Crippen molar-refractivity contribution in [3.8, 4) is 5.69 Å². The van der Waals surface area contributed by atoms with Crippen LogP contribution in [0.1, 0.15) is 5.69 Å². The van der Waals surface area contributed by atoms with Gasteiger partial charge < -0.3 is 0 Å². The number of hydrogen-bond acceptors (Lipinski definition) is 4. The molecule has 0 saturated carbocycles. The molecule has 0 fully saturated rings. The topological polar surface area (TPSA) is 66.0 Å². The number of hydrogen-bond donors (Lipinski definition) is 1. The van der Waals surface area contributed by atoms with Gasteiger partial charge in [0.2, 0.25) is 0 Å². The third-order valence-electron chi connectivity index (χ3n) is 1.87. The van der Waals surface area contributed by atoms with Gasteiger partial charge in [0.1, 0.15) is 12.3 Å². The lowest BCUT2D eigenvalue weighted by Gasteiger charge is -2.01. The molecule has 0 unspecified atom stereocenters. The Morgan fingerprint density at radius 3 is 2.93 bits per heavy atom. The predicted octanol–water partition coefficient (Wildman–Crippen LogP) is 1.31. The Kier molecular flexibility index (Phi) is 2.96. The van der Waals surface area contributed by atoms with Crippen molar-refractivity contribution in [2.45, 2.75) is 6.61 Å². The fourth-order valence-corrected chi connectivity index (χ4v) is 1.43. The lowest BCUT2D eigenvalue weighted by atomic mass is 10.3. The van der Waals surface area contributed by atoms with Crippen LogP contribution in [0.25, 0.3) is 5.69 Å². The molecule has 0 aliphatic heterocycles. The molecule has 2 aromatic rings. The quantitative estimate of drug-likeness (QED) is 0.799. The van der Waals surface area contributed by atoms with E-state index in [1.54, 1.807) is 16.9 Å². The van der Waals surface area contributed by atoms with Gasteiger partial charge in [0.15, 0.2) is 0 Å². The summed E-state index contributed by atoms with van der Waals surface area (Å²) in [5.74, 6) is 4.94. The van der Waals surface area contributed by atoms with E-state index in [0.717, 1.165) is 5.69 Å². The second-order valence-corrected chi connectivity index (χ2v) is 3.32. The monoisotopic (exact) mass is 224 g/mol. The Morgan fingerprint density at radius 1 is 1.40 bits per heavy atom. The molecule has 0 aliphatic rings. The molecule has 1 heterocycles. The molecule has 0 amide bonds. The standard InChI is InChI=1S/C9H9ClN4O/c10-8-3-1-2-4-9(8)14-5-7(6-15-11)12-13-14/h1-5H,6,11H2. The van der Waals surface area contributed by atoms with Crippen LogP contribution in [-0.4, -0.2) is 15.0 Å². The lowest BCUT2D eigenvalue weighted by molar-refractivity contribution is 0.121. The van der Waals surface area contributed by atoms with Crippen LogP contribution in [0.15, 0.2) is 30.5 Å².